The number of hydrogen-bond acceptors (Lipinski definition) is 4. The third kappa shape index (κ3) is 6.79. The second-order valence-corrected chi connectivity index (χ2v) is 1.75. The van der Waals surface area contributed by atoms with Gasteiger partial charge in [0.2, 0.25) is 0 Å². The molecule has 0 rings (SSSR count). The van der Waals surface area contributed by atoms with Crippen molar-refractivity contribution in [3.63, 3.8) is 0 Å². The van der Waals surface area contributed by atoms with Gasteiger partial charge in [-0.05, 0) is 0 Å². The van der Waals surface area contributed by atoms with Gasteiger partial charge in [0.05, 0.1) is 12.6 Å². The van der Waals surface area contributed by atoms with E-state index < -0.39 is 11.9 Å². The molecule has 0 aliphatic carbocycles. The van der Waals surface area contributed by atoms with Crippen LogP contribution in [0.15, 0.2) is 5.16 Å². The highest BCUT2D eigenvalue weighted by atomic mass is 35.5. The number of carboxylic acid groups (broad SMARTS) is 1. The number of carbonyl (C=O) groups excluding carboxylic acids is 1. The maximum absolute atomic E-state index is 10.2. The molecule has 0 aromatic rings. The monoisotopic (exact) mass is 179 g/mol. The number of nitrogens with zero attached hydrogens (tertiary/aromatic N) is 1. The highest BCUT2D eigenvalue weighted by molar-refractivity contribution is 6.26. The zero-order chi connectivity index (χ0) is 8.69. The summed E-state index contributed by atoms with van der Waals surface area (Å²) in [4.78, 5) is 24.2. The van der Waals surface area contributed by atoms with Crippen LogP contribution in [0.5, 0.6) is 0 Å². The predicted octanol–water partition coefficient (Wildman–Crippen LogP) is 0.229. The van der Waals surface area contributed by atoms with Crippen LogP contribution in [-0.2, 0) is 14.4 Å². The summed E-state index contributed by atoms with van der Waals surface area (Å²) in [6, 6.07) is 0. The van der Waals surface area contributed by atoms with E-state index >= 15 is 0 Å². The first kappa shape index (κ1) is 9.90. The quantitative estimate of drug-likeness (QED) is 0.290. The average molecular weight is 180 g/mol. The van der Waals surface area contributed by atoms with Crippen molar-refractivity contribution in [3.05, 3.63) is 0 Å². The van der Waals surface area contributed by atoms with Gasteiger partial charge >= 0.3 is 11.9 Å². The Morgan fingerprint density at radius 1 is 1.64 bits per heavy atom. The number of oxime groups is 1. The summed E-state index contributed by atoms with van der Waals surface area (Å²) in [5.41, 5.74) is 0. The molecule has 0 fully saturated rings. The lowest BCUT2D eigenvalue weighted by molar-refractivity contribution is -0.141. The Morgan fingerprint density at radius 2 is 2.27 bits per heavy atom. The molecule has 0 heterocycles. The molecule has 1 N–H and O–H groups in total. The molecule has 0 bridgehead atoms. The third-order valence-corrected chi connectivity index (χ3v) is 0.822. The van der Waals surface area contributed by atoms with Crippen molar-refractivity contribution in [2.24, 2.45) is 5.16 Å². The molecule has 6 heteroatoms. The van der Waals surface area contributed by atoms with Gasteiger partial charge in [-0.25, -0.2) is 4.79 Å². The van der Waals surface area contributed by atoms with Gasteiger partial charge in [0.1, 0.15) is 5.88 Å². The maximum atomic E-state index is 10.2. The van der Waals surface area contributed by atoms with E-state index in [1.807, 2.05) is 0 Å². The van der Waals surface area contributed by atoms with Gasteiger partial charge in [-0.3, -0.25) is 4.79 Å². The number of carbonyl (C=O) groups is 2. The van der Waals surface area contributed by atoms with Gasteiger partial charge in [0.15, 0.2) is 0 Å². The van der Waals surface area contributed by atoms with Crippen molar-refractivity contribution < 1.29 is 19.5 Å². The Bertz CT molecular complexity index is 179. The van der Waals surface area contributed by atoms with E-state index in [0.717, 1.165) is 6.21 Å². The lowest BCUT2D eigenvalue weighted by Crippen LogP contribution is -2.01. The van der Waals surface area contributed by atoms with Crippen molar-refractivity contribution in [1.82, 2.24) is 0 Å². The van der Waals surface area contributed by atoms with Gasteiger partial charge in [-0.2, -0.15) is 0 Å². The summed E-state index contributed by atoms with van der Waals surface area (Å²) in [6.45, 7) is 0. The van der Waals surface area contributed by atoms with E-state index in [4.69, 9.17) is 16.7 Å². The summed E-state index contributed by atoms with van der Waals surface area (Å²) >= 11 is 5.03. The second-order valence-electron chi connectivity index (χ2n) is 1.48. The maximum Gasteiger partial charge on any atom is 0.349 e. The molecule has 0 radical (unpaired) electrons. The molecule has 11 heavy (non-hydrogen) atoms. The molecule has 0 spiro atoms. The van der Waals surface area contributed by atoms with Crippen LogP contribution in [0.4, 0.5) is 0 Å². The molecule has 0 aromatic heterocycles. The molecule has 0 aliphatic rings. The van der Waals surface area contributed by atoms with Gasteiger partial charge in [-0.1, -0.05) is 5.16 Å². The van der Waals surface area contributed by atoms with Gasteiger partial charge in [-0.15, -0.1) is 11.6 Å². The minimum atomic E-state index is -1.05. The fourth-order valence-corrected chi connectivity index (χ4v) is 0.285. The van der Waals surface area contributed by atoms with Crippen LogP contribution in [0.2, 0.25) is 0 Å². The normalized spacial score (nSPS) is 9.91. The van der Waals surface area contributed by atoms with Crippen LogP contribution in [0, 0.1) is 0 Å². The molecule has 0 aromatic carbocycles. The van der Waals surface area contributed by atoms with E-state index in [9.17, 15) is 9.59 Å². The first-order valence-electron chi connectivity index (χ1n) is 2.66. The highest BCUT2D eigenvalue weighted by Gasteiger charge is 1.96. The van der Waals surface area contributed by atoms with E-state index in [2.05, 4.69) is 9.99 Å². The molecule has 0 saturated heterocycles. The lowest BCUT2D eigenvalue weighted by Gasteiger charge is -1.88. The van der Waals surface area contributed by atoms with Crippen molar-refractivity contribution in [2.45, 2.75) is 6.42 Å². The smallest absolute Gasteiger partial charge is 0.349 e. The van der Waals surface area contributed by atoms with Crippen LogP contribution in [0.1, 0.15) is 6.42 Å². The minimum absolute atomic E-state index is 0.282. The lowest BCUT2D eigenvalue weighted by atomic mass is 10.5. The first-order chi connectivity index (χ1) is 5.16. The topological polar surface area (TPSA) is 76.0 Å². The number of halogens is 1. The van der Waals surface area contributed by atoms with Gasteiger partial charge in [0.25, 0.3) is 0 Å². The Kier molecular flexibility index (Phi) is 5.10. The number of aliphatic carboxylic acids is 1. The molecule has 62 valence electrons. The van der Waals surface area contributed by atoms with E-state index in [1.54, 1.807) is 0 Å². The van der Waals surface area contributed by atoms with Gasteiger partial charge < -0.3 is 9.94 Å². The highest BCUT2D eigenvalue weighted by Crippen LogP contribution is 1.83. The van der Waals surface area contributed by atoms with Crippen LogP contribution < -0.4 is 0 Å². The Hall–Kier alpha value is -1.10. The fourth-order valence-electron chi connectivity index (χ4n) is 0.236. The summed E-state index contributed by atoms with van der Waals surface area (Å²) in [6.07, 6.45) is 0.683. The molecular weight excluding hydrogens is 174 g/mol. The van der Waals surface area contributed by atoms with Crippen LogP contribution in [-0.4, -0.2) is 29.1 Å². The summed E-state index contributed by atoms with van der Waals surface area (Å²) in [5, 5.41) is 11.1. The Labute approximate surface area is 67.6 Å². The first-order valence-corrected chi connectivity index (χ1v) is 3.19. The number of hydrogen-bond donors (Lipinski definition) is 1. The Morgan fingerprint density at radius 3 is 2.73 bits per heavy atom. The van der Waals surface area contributed by atoms with Crippen LogP contribution in [0.3, 0.4) is 0 Å². The molecule has 0 unspecified atom stereocenters. The number of carboxylic acids is 1. The molecule has 0 amide bonds. The molecule has 0 atom stereocenters. The van der Waals surface area contributed by atoms with Crippen LogP contribution >= 0.6 is 11.6 Å². The molecule has 5 nitrogen and oxygen atoms in total. The molecular formula is C5H6ClNO4. The predicted molar refractivity (Wildman–Crippen MR) is 37.6 cm³/mol. The standard InChI is InChI=1S/C5H6ClNO4/c6-3-5(10)11-7-2-1-4(8)9/h2H,1,3H2,(H,8,9). The summed E-state index contributed by atoms with van der Waals surface area (Å²) in [5.74, 6) is -2.06. The third-order valence-electron chi connectivity index (χ3n) is 0.604. The van der Waals surface area contributed by atoms with Crippen molar-refractivity contribution in [2.75, 3.05) is 5.88 Å². The molecule has 0 aliphatic heterocycles. The van der Waals surface area contributed by atoms with Crippen molar-refractivity contribution >= 4 is 29.8 Å². The van der Waals surface area contributed by atoms with E-state index in [0.29, 0.717) is 0 Å². The number of rotatable bonds is 4. The zero-order valence-corrected chi connectivity index (χ0v) is 6.24. The number of alkyl halides is 1. The summed E-state index contributed by atoms with van der Waals surface area (Å²) < 4.78 is 0. The van der Waals surface area contributed by atoms with Gasteiger partial charge in [0, 0.05) is 0 Å². The summed E-state index contributed by atoms with van der Waals surface area (Å²) in [7, 11) is 0. The second kappa shape index (κ2) is 5.67. The zero-order valence-electron chi connectivity index (χ0n) is 5.49. The largest absolute Gasteiger partial charge is 0.481 e. The van der Waals surface area contributed by atoms with E-state index in [-0.39, 0.29) is 12.3 Å². The average Bonchev–Trinajstić information content (AvgIpc) is 1.97. The SMILES string of the molecule is O=C(O)CC=NOC(=O)CCl. The fraction of sp³-hybridized carbons (Fsp3) is 0.400. The minimum Gasteiger partial charge on any atom is -0.481 e. The van der Waals surface area contributed by atoms with E-state index in [1.165, 1.54) is 0 Å². The van der Waals surface area contributed by atoms with Crippen molar-refractivity contribution in [3.8, 4) is 0 Å². The van der Waals surface area contributed by atoms with Crippen LogP contribution in [0.25, 0.3) is 0 Å². The van der Waals surface area contributed by atoms with Crippen molar-refractivity contribution in [1.29, 1.82) is 0 Å². The molecule has 0 saturated carbocycles. The Balaban J connectivity index is 3.44.